The fourth-order valence-corrected chi connectivity index (χ4v) is 8.76. The highest BCUT2D eigenvalue weighted by molar-refractivity contribution is 6.74. The SMILES string of the molecule is CC(C)(C)[Si](C)(C)O[C@@H]1C=C(C(=O)OCc2ccccc2)[C@@]2(C[C@H]1O[Si](C)(C)C(C)(C)C)C(=O)N(Cc1ccccc1)c1ccccc12. The van der Waals surface area contributed by atoms with E-state index in [1.54, 1.807) is 0 Å². The second-order valence-corrected chi connectivity index (χ2v) is 25.9. The molecular formula is C40H53NO5Si2. The quantitative estimate of drug-likeness (QED) is 0.166. The van der Waals surface area contributed by atoms with E-state index in [1.165, 1.54) is 0 Å². The lowest BCUT2D eigenvalue weighted by Crippen LogP contribution is -2.57. The molecule has 5 rings (SSSR count). The van der Waals surface area contributed by atoms with Crippen molar-refractivity contribution in [3.8, 4) is 0 Å². The van der Waals surface area contributed by atoms with Gasteiger partial charge in [-0.3, -0.25) is 4.79 Å². The van der Waals surface area contributed by atoms with Gasteiger partial charge in [-0.15, -0.1) is 0 Å². The monoisotopic (exact) mass is 683 g/mol. The smallest absolute Gasteiger partial charge is 0.335 e. The maximum absolute atomic E-state index is 15.2. The number of nitrogens with zero attached hydrogens (tertiary/aromatic N) is 1. The Morgan fingerprint density at radius 2 is 1.29 bits per heavy atom. The number of benzene rings is 3. The van der Waals surface area contributed by atoms with Gasteiger partial charge in [0, 0.05) is 5.69 Å². The van der Waals surface area contributed by atoms with Gasteiger partial charge < -0.3 is 18.5 Å². The Kier molecular flexibility index (Phi) is 9.89. The zero-order chi connectivity index (χ0) is 35.1. The van der Waals surface area contributed by atoms with Gasteiger partial charge in [-0.25, -0.2) is 4.79 Å². The van der Waals surface area contributed by atoms with Crippen LogP contribution < -0.4 is 4.90 Å². The minimum atomic E-state index is -2.36. The molecule has 1 aliphatic heterocycles. The average Bonchev–Trinajstić information content (AvgIpc) is 3.24. The molecule has 0 unspecified atom stereocenters. The summed E-state index contributed by atoms with van der Waals surface area (Å²) in [5.74, 6) is -0.636. The number of hydrogen-bond acceptors (Lipinski definition) is 5. The fourth-order valence-electron chi connectivity index (χ4n) is 6.18. The lowest BCUT2D eigenvalue weighted by atomic mass is 9.67. The maximum Gasteiger partial charge on any atom is 0.335 e. The molecular weight excluding hydrogens is 631 g/mol. The molecule has 1 amide bonds. The van der Waals surface area contributed by atoms with Gasteiger partial charge in [-0.1, -0.05) is 120 Å². The first-order valence-electron chi connectivity index (χ1n) is 17.1. The third kappa shape index (κ3) is 6.90. The van der Waals surface area contributed by atoms with Crippen LogP contribution in [0.5, 0.6) is 0 Å². The summed E-state index contributed by atoms with van der Waals surface area (Å²) in [4.78, 5) is 31.5. The number of carbonyl (C=O) groups is 2. The lowest BCUT2D eigenvalue weighted by molar-refractivity contribution is -0.143. The number of esters is 1. The first-order valence-corrected chi connectivity index (χ1v) is 22.9. The van der Waals surface area contributed by atoms with E-state index in [-0.39, 0.29) is 29.0 Å². The number of carbonyl (C=O) groups excluding carboxylic acids is 2. The number of anilines is 1. The molecule has 1 aliphatic carbocycles. The van der Waals surface area contributed by atoms with Gasteiger partial charge in [0.1, 0.15) is 12.0 Å². The Balaban J connectivity index is 1.68. The van der Waals surface area contributed by atoms with E-state index in [4.69, 9.17) is 13.6 Å². The van der Waals surface area contributed by atoms with Gasteiger partial charge in [-0.2, -0.15) is 0 Å². The zero-order valence-corrected chi connectivity index (χ0v) is 32.4. The normalized spacial score (nSPS) is 21.7. The van der Waals surface area contributed by atoms with Crippen molar-refractivity contribution in [2.24, 2.45) is 0 Å². The third-order valence-corrected chi connectivity index (χ3v) is 20.0. The van der Waals surface area contributed by atoms with Crippen molar-refractivity contribution in [3.05, 3.63) is 113 Å². The van der Waals surface area contributed by atoms with Crippen LogP contribution in [0.1, 0.15) is 64.7 Å². The topological polar surface area (TPSA) is 65.1 Å². The van der Waals surface area contributed by atoms with Crippen molar-refractivity contribution < 1.29 is 23.2 Å². The highest BCUT2D eigenvalue weighted by Crippen LogP contribution is 2.54. The lowest BCUT2D eigenvalue weighted by Gasteiger charge is -2.48. The molecule has 1 spiro atoms. The highest BCUT2D eigenvalue weighted by atomic mass is 28.4. The summed E-state index contributed by atoms with van der Waals surface area (Å²) in [7, 11) is -4.71. The summed E-state index contributed by atoms with van der Waals surface area (Å²) in [6.45, 7) is 22.7. The molecule has 3 aromatic rings. The van der Waals surface area contributed by atoms with Crippen molar-refractivity contribution >= 4 is 34.2 Å². The van der Waals surface area contributed by atoms with E-state index in [2.05, 4.69) is 67.7 Å². The van der Waals surface area contributed by atoms with Crippen LogP contribution in [0.3, 0.4) is 0 Å². The zero-order valence-electron chi connectivity index (χ0n) is 30.4. The fraction of sp³-hybridized carbons (Fsp3) is 0.450. The maximum atomic E-state index is 15.2. The van der Waals surface area contributed by atoms with Crippen molar-refractivity contribution in [1.82, 2.24) is 0 Å². The van der Waals surface area contributed by atoms with Crippen LogP contribution >= 0.6 is 0 Å². The number of ether oxygens (including phenoxy) is 1. The minimum Gasteiger partial charge on any atom is -0.457 e. The van der Waals surface area contributed by atoms with Crippen LogP contribution in [0, 0.1) is 0 Å². The van der Waals surface area contributed by atoms with E-state index in [0.717, 1.165) is 22.4 Å². The molecule has 0 fully saturated rings. The number of fused-ring (bicyclic) bond motifs is 2. The summed E-state index contributed by atoms with van der Waals surface area (Å²) in [5, 5.41) is -0.148. The van der Waals surface area contributed by atoms with Gasteiger partial charge in [0.15, 0.2) is 16.6 Å². The van der Waals surface area contributed by atoms with E-state index in [9.17, 15) is 4.79 Å². The molecule has 8 heteroatoms. The van der Waals surface area contributed by atoms with E-state index < -0.39 is 40.2 Å². The molecule has 3 aromatic carbocycles. The molecule has 3 atom stereocenters. The Labute approximate surface area is 289 Å². The van der Waals surface area contributed by atoms with E-state index in [0.29, 0.717) is 12.1 Å². The molecule has 256 valence electrons. The Morgan fingerprint density at radius 1 is 0.771 bits per heavy atom. The Bertz CT molecular complexity index is 1660. The van der Waals surface area contributed by atoms with Crippen LogP contribution in [0.4, 0.5) is 5.69 Å². The van der Waals surface area contributed by atoms with E-state index in [1.807, 2.05) is 95.9 Å². The largest absolute Gasteiger partial charge is 0.457 e. The molecule has 0 radical (unpaired) electrons. The summed E-state index contributed by atoms with van der Waals surface area (Å²) in [6, 6.07) is 27.5. The van der Waals surface area contributed by atoms with Gasteiger partial charge in [0.05, 0.1) is 24.3 Å². The minimum absolute atomic E-state index is 0.0722. The Hall–Kier alpha value is -3.31. The van der Waals surface area contributed by atoms with Gasteiger partial charge in [-0.05, 0) is 71.5 Å². The summed E-state index contributed by atoms with van der Waals surface area (Å²) >= 11 is 0. The van der Waals surface area contributed by atoms with E-state index >= 15 is 4.79 Å². The molecule has 1 heterocycles. The van der Waals surface area contributed by atoms with Crippen molar-refractivity contribution in [2.45, 2.75) is 115 Å². The summed E-state index contributed by atoms with van der Waals surface area (Å²) in [6.07, 6.45) is 1.22. The van der Waals surface area contributed by atoms with Gasteiger partial charge in [0.25, 0.3) is 0 Å². The molecule has 0 N–H and O–H groups in total. The molecule has 48 heavy (non-hydrogen) atoms. The summed E-state index contributed by atoms with van der Waals surface area (Å²) < 4.78 is 20.4. The van der Waals surface area contributed by atoms with Gasteiger partial charge >= 0.3 is 5.97 Å². The number of hydrogen-bond donors (Lipinski definition) is 0. The van der Waals surface area contributed by atoms with Crippen LogP contribution in [-0.4, -0.2) is 40.7 Å². The molecule has 0 saturated carbocycles. The van der Waals surface area contributed by atoms with Crippen molar-refractivity contribution in [1.29, 1.82) is 0 Å². The molecule has 2 aliphatic rings. The standard InChI is InChI=1S/C40H53NO5Si2/c1-38(2,3)47(7,8)45-34-25-32(36(42)44-28-30-21-15-12-16-22-30)40(26-35(34)46-48(9,10)39(4,5)6)31-23-17-18-24-33(31)41(37(40)43)27-29-19-13-11-14-20-29/h11-25,34-35H,26-28H2,1-10H3/t34-,35-,40+/m1/s1. The number of amides is 1. The van der Waals surface area contributed by atoms with Crippen molar-refractivity contribution in [3.63, 3.8) is 0 Å². The number of para-hydroxylation sites is 1. The third-order valence-electron chi connectivity index (χ3n) is 11.0. The molecule has 0 saturated heterocycles. The van der Waals surface area contributed by atoms with Crippen LogP contribution in [0.25, 0.3) is 0 Å². The summed E-state index contributed by atoms with van der Waals surface area (Å²) in [5.41, 5.74) is 2.56. The second-order valence-electron chi connectivity index (χ2n) is 16.4. The highest BCUT2D eigenvalue weighted by Gasteiger charge is 2.60. The van der Waals surface area contributed by atoms with Crippen LogP contribution in [0.15, 0.2) is 96.6 Å². The number of rotatable bonds is 9. The van der Waals surface area contributed by atoms with Crippen LogP contribution in [-0.2, 0) is 41.7 Å². The first kappa shape index (κ1) is 36.0. The molecule has 6 nitrogen and oxygen atoms in total. The van der Waals surface area contributed by atoms with Crippen LogP contribution in [0.2, 0.25) is 36.3 Å². The Morgan fingerprint density at radius 3 is 1.88 bits per heavy atom. The average molecular weight is 684 g/mol. The predicted octanol–water partition coefficient (Wildman–Crippen LogP) is 9.33. The predicted molar refractivity (Wildman–Crippen MR) is 199 cm³/mol. The molecule has 0 bridgehead atoms. The second kappa shape index (κ2) is 13.2. The van der Waals surface area contributed by atoms with Gasteiger partial charge in [0.2, 0.25) is 5.91 Å². The first-order chi connectivity index (χ1) is 22.4. The van der Waals surface area contributed by atoms with Crippen molar-refractivity contribution in [2.75, 3.05) is 4.90 Å². The molecule has 0 aromatic heterocycles.